The Balaban J connectivity index is 1.52. The molecule has 2 amide bonds. The zero-order valence-corrected chi connectivity index (χ0v) is 12.9. The Kier molecular flexibility index (Phi) is 3.60. The van der Waals surface area contributed by atoms with Crippen LogP contribution in [0, 0.1) is 11.8 Å². The van der Waals surface area contributed by atoms with E-state index in [1.807, 2.05) is 35.2 Å². The second-order valence-corrected chi connectivity index (χ2v) is 5.91. The Labute approximate surface area is 138 Å². The number of benzene rings is 1. The molecule has 122 valence electrons. The molecule has 1 aromatic heterocycles. The Morgan fingerprint density at radius 1 is 1.08 bits per heavy atom. The maximum atomic E-state index is 11.9. The fourth-order valence-corrected chi connectivity index (χ4v) is 3.17. The Bertz CT molecular complexity index is 780. The predicted molar refractivity (Wildman–Crippen MR) is 85.5 cm³/mol. The second kappa shape index (κ2) is 5.92. The number of ether oxygens (including phenoxy) is 1. The largest absolute Gasteiger partial charge is 0.439 e. The van der Waals surface area contributed by atoms with Gasteiger partial charge >= 0.3 is 0 Å². The lowest BCUT2D eigenvalue weighted by molar-refractivity contribution is -0.126. The summed E-state index contributed by atoms with van der Waals surface area (Å²) in [5.41, 5.74) is 0. The van der Waals surface area contributed by atoms with Gasteiger partial charge in [0.05, 0.1) is 11.8 Å². The van der Waals surface area contributed by atoms with Crippen molar-refractivity contribution in [3.63, 3.8) is 0 Å². The number of nitrogens with one attached hydrogen (secondary N) is 1. The third kappa shape index (κ3) is 2.68. The van der Waals surface area contributed by atoms with Gasteiger partial charge in [0.2, 0.25) is 23.6 Å². The number of nitrogens with zero attached hydrogens (tertiary/aromatic N) is 3. The van der Waals surface area contributed by atoms with Crippen LogP contribution in [0.15, 0.2) is 42.6 Å². The van der Waals surface area contributed by atoms with Crippen molar-refractivity contribution in [3.8, 4) is 11.6 Å². The van der Waals surface area contributed by atoms with Gasteiger partial charge in [-0.1, -0.05) is 18.2 Å². The van der Waals surface area contributed by atoms with E-state index in [2.05, 4.69) is 15.3 Å². The zero-order valence-electron chi connectivity index (χ0n) is 12.9. The van der Waals surface area contributed by atoms with Gasteiger partial charge in [0.15, 0.2) is 0 Å². The molecule has 2 unspecified atom stereocenters. The van der Waals surface area contributed by atoms with E-state index in [1.165, 1.54) is 0 Å². The summed E-state index contributed by atoms with van der Waals surface area (Å²) < 4.78 is 5.72. The zero-order chi connectivity index (χ0) is 16.5. The molecule has 2 fully saturated rings. The minimum Gasteiger partial charge on any atom is -0.439 e. The highest BCUT2D eigenvalue weighted by molar-refractivity contribution is 6.05. The van der Waals surface area contributed by atoms with Crippen molar-refractivity contribution in [1.29, 1.82) is 0 Å². The molecule has 3 heterocycles. The molecule has 2 aliphatic heterocycles. The van der Waals surface area contributed by atoms with Gasteiger partial charge in [-0.15, -0.1) is 0 Å². The lowest BCUT2D eigenvalue weighted by Gasteiger charge is -2.32. The molecule has 24 heavy (non-hydrogen) atoms. The average Bonchev–Trinajstić information content (AvgIpc) is 2.90. The van der Waals surface area contributed by atoms with Crippen molar-refractivity contribution in [3.05, 3.63) is 42.6 Å². The first kappa shape index (κ1) is 14.6. The Morgan fingerprint density at radius 2 is 1.88 bits per heavy atom. The number of amides is 2. The monoisotopic (exact) mass is 324 g/mol. The molecule has 7 heteroatoms. The number of hydrogen-bond acceptors (Lipinski definition) is 6. The van der Waals surface area contributed by atoms with Crippen LogP contribution < -0.4 is 15.0 Å². The number of para-hydroxylation sites is 1. The van der Waals surface area contributed by atoms with Gasteiger partial charge in [-0.2, -0.15) is 4.98 Å². The summed E-state index contributed by atoms with van der Waals surface area (Å²) in [5, 5.41) is 2.40. The summed E-state index contributed by atoms with van der Waals surface area (Å²) in [6.07, 6.45) is 2.25. The smallest absolute Gasteiger partial charge is 0.232 e. The number of piperidine rings is 1. The summed E-state index contributed by atoms with van der Waals surface area (Å²) in [6.45, 7) is 1.08. The highest BCUT2D eigenvalue weighted by atomic mass is 16.5. The fourth-order valence-electron chi connectivity index (χ4n) is 3.17. The highest BCUT2D eigenvalue weighted by Gasteiger charge is 2.45. The molecule has 1 aromatic carbocycles. The first-order valence-corrected chi connectivity index (χ1v) is 7.86. The van der Waals surface area contributed by atoms with Crippen LogP contribution in [0.1, 0.15) is 6.42 Å². The molecule has 2 aromatic rings. The topological polar surface area (TPSA) is 84.4 Å². The van der Waals surface area contributed by atoms with Crippen LogP contribution in [-0.2, 0) is 9.59 Å². The standard InChI is InChI=1S/C17H16N4O3/c22-15-12-7-9-21(10-13(12)16(23)20-15)17-18-8-6-14(19-17)24-11-4-2-1-3-5-11/h1-6,8,12-13H,7,9-10H2,(H,20,22,23). The van der Waals surface area contributed by atoms with Gasteiger partial charge in [-0.3, -0.25) is 14.9 Å². The second-order valence-electron chi connectivity index (χ2n) is 5.91. The van der Waals surface area contributed by atoms with Crippen molar-refractivity contribution in [2.75, 3.05) is 18.0 Å². The van der Waals surface area contributed by atoms with Gasteiger partial charge in [0.25, 0.3) is 0 Å². The van der Waals surface area contributed by atoms with Gasteiger partial charge in [-0.05, 0) is 18.6 Å². The molecular weight excluding hydrogens is 308 g/mol. The first-order valence-electron chi connectivity index (χ1n) is 7.86. The lowest BCUT2D eigenvalue weighted by Crippen LogP contribution is -2.42. The molecule has 0 bridgehead atoms. The normalized spacial score (nSPS) is 22.9. The van der Waals surface area contributed by atoms with Crippen LogP contribution in [0.25, 0.3) is 0 Å². The van der Waals surface area contributed by atoms with E-state index in [0.29, 0.717) is 37.1 Å². The fraction of sp³-hybridized carbons (Fsp3) is 0.294. The maximum Gasteiger partial charge on any atom is 0.232 e. The SMILES string of the molecule is O=C1NC(=O)C2CN(c3nccc(Oc4ccccc4)n3)CCC12. The predicted octanol–water partition coefficient (Wildman–Crippen LogP) is 1.37. The maximum absolute atomic E-state index is 11.9. The highest BCUT2D eigenvalue weighted by Crippen LogP contribution is 2.30. The number of fused-ring (bicyclic) bond motifs is 1. The summed E-state index contributed by atoms with van der Waals surface area (Å²) in [4.78, 5) is 34.2. The molecule has 2 atom stereocenters. The van der Waals surface area contributed by atoms with Gasteiger partial charge < -0.3 is 9.64 Å². The first-order chi connectivity index (χ1) is 11.7. The molecular formula is C17H16N4O3. The Morgan fingerprint density at radius 3 is 2.71 bits per heavy atom. The number of rotatable bonds is 3. The van der Waals surface area contributed by atoms with E-state index < -0.39 is 0 Å². The van der Waals surface area contributed by atoms with E-state index in [0.717, 1.165) is 0 Å². The molecule has 0 saturated carbocycles. The molecule has 1 N–H and O–H groups in total. The number of carbonyl (C=O) groups excluding carboxylic acids is 2. The van der Waals surface area contributed by atoms with Crippen LogP contribution in [0.2, 0.25) is 0 Å². The molecule has 4 rings (SSSR count). The third-order valence-corrected chi connectivity index (χ3v) is 4.40. The quantitative estimate of drug-likeness (QED) is 0.859. The molecule has 2 saturated heterocycles. The van der Waals surface area contributed by atoms with E-state index in [4.69, 9.17) is 4.74 Å². The van der Waals surface area contributed by atoms with Gasteiger partial charge in [0, 0.05) is 25.4 Å². The van der Waals surface area contributed by atoms with E-state index in [9.17, 15) is 9.59 Å². The molecule has 7 nitrogen and oxygen atoms in total. The van der Waals surface area contributed by atoms with E-state index >= 15 is 0 Å². The molecule has 0 radical (unpaired) electrons. The minimum atomic E-state index is -0.325. The van der Waals surface area contributed by atoms with Gasteiger partial charge in [-0.25, -0.2) is 4.98 Å². The lowest BCUT2D eigenvalue weighted by atomic mass is 9.88. The van der Waals surface area contributed by atoms with E-state index in [1.54, 1.807) is 12.3 Å². The van der Waals surface area contributed by atoms with Crippen molar-refractivity contribution in [2.45, 2.75) is 6.42 Å². The van der Waals surface area contributed by atoms with Crippen molar-refractivity contribution in [1.82, 2.24) is 15.3 Å². The van der Waals surface area contributed by atoms with Crippen LogP contribution in [0.4, 0.5) is 5.95 Å². The van der Waals surface area contributed by atoms with Crippen molar-refractivity contribution >= 4 is 17.8 Å². The number of aromatic nitrogens is 2. The van der Waals surface area contributed by atoms with Crippen LogP contribution >= 0.6 is 0 Å². The number of hydrogen-bond donors (Lipinski definition) is 1. The third-order valence-electron chi connectivity index (χ3n) is 4.40. The number of carbonyl (C=O) groups is 2. The van der Waals surface area contributed by atoms with Crippen molar-refractivity contribution in [2.24, 2.45) is 11.8 Å². The molecule has 2 aliphatic rings. The summed E-state index contributed by atoms with van der Waals surface area (Å²) in [5.74, 6) is 0.736. The van der Waals surface area contributed by atoms with E-state index in [-0.39, 0.29) is 23.7 Å². The van der Waals surface area contributed by atoms with Gasteiger partial charge in [0.1, 0.15) is 5.75 Å². The molecule has 0 spiro atoms. The summed E-state index contributed by atoms with van der Waals surface area (Å²) >= 11 is 0. The minimum absolute atomic E-state index is 0.160. The van der Waals surface area contributed by atoms with Crippen molar-refractivity contribution < 1.29 is 14.3 Å². The molecule has 0 aliphatic carbocycles. The average molecular weight is 324 g/mol. The Hall–Kier alpha value is -2.96. The summed E-state index contributed by atoms with van der Waals surface area (Å²) in [7, 11) is 0. The number of imide groups is 1. The number of anilines is 1. The van der Waals surface area contributed by atoms with Crippen LogP contribution in [0.5, 0.6) is 11.6 Å². The summed E-state index contributed by atoms with van der Waals surface area (Å²) in [6, 6.07) is 11.1. The van der Waals surface area contributed by atoms with Crippen LogP contribution in [0.3, 0.4) is 0 Å². The van der Waals surface area contributed by atoms with Crippen LogP contribution in [-0.4, -0.2) is 34.9 Å².